The van der Waals surface area contributed by atoms with Crippen LogP contribution < -0.4 is 0 Å². The molecule has 22 heavy (non-hydrogen) atoms. The van der Waals surface area contributed by atoms with Gasteiger partial charge in [-0.25, -0.2) is 0 Å². The van der Waals surface area contributed by atoms with Gasteiger partial charge in [0, 0.05) is 26.1 Å². The van der Waals surface area contributed by atoms with Crippen LogP contribution in [-0.2, 0) is 9.47 Å². The molecule has 0 saturated carbocycles. The van der Waals surface area contributed by atoms with Crippen LogP contribution in [0.4, 0.5) is 0 Å². The summed E-state index contributed by atoms with van der Waals surface area (Å²) in [6, 6.07) is 0. The van der Waals surface area contributed by atoms with Crippen molar-refractivity contribution in [1.29, 1.82) is 0 Å². The van der Waals surface area contributed by atoms with Crippen molar-refractivity contribution in [2.24, 2.45) is 0 Å². The van der Waals surface area contributed by atoms with E-state index in [2.05, 4.69) is 27.4 Å². The molecule has 0 aliphatic carbocycles. The average molecular weight is 313 g/mol. The zero-order chi connectivity index (χ0) is 16.5. The molecule has 2 nitrogen and oxygen atoms in total. The number of hydrogen-bond donors (Lipinski definition) is 0. The lowest BCUT2D eigenvalue weighted by Crippen LogP contribution is -2.37. The van der Waals surface area contributed by atoms with Gasteiger partial charge in [-0.2, -0.15) is 0 Å². The number of rotatable bonds is 17. The summed E-state index contributed by atoms with van der Waals surface area (Å²) >= 11 is 0. The highest BCUT2D eigenvalue weighted by Crippen LogP contribution is 2.28. The minimum absolute atomic E-state index is 0.371. The maximum absolute atomic E-state index is 6.16. The first-order valence-corrected chi connectivity index (χ1v) is 9.63. The van der Waals surface area contributed by atoms with Crippen LogP contribution in [0.3, 0.4) is 0 Å². The summed E-state index contributed by atoms with van der Waals surface area (Å²) in [6.07, 6.45) is 16.3. The third-order valence-corrected chi connectivity index (χ3v) is 4.03. The Hall–Kier alpha value is -0.340. The van der Waals surface area contributed by atoms with E-state index in [9.17, 15) is 0 Å². The summed E-state index contributed by atoms with van der Waals surface area (Å²) in [4.78, 5) is 0. The summed E-state index contributed by atoms with van der Waals surface area (Å²) in [6.45, 7) is 12.0. The molecule has 0 atom stereocenters. The second kappa shape index (κ2) is 15.6. The Balaban J connectivity index is 4.24. The fraction of sp³-hybridized carbons (Fsp3) is 0.900. The standard InChI is InChI=1S/C20H40O2/c1-5-9-11-12-13-14-15-17-20(16-10-6-2,21-18-7-3)22-19-8-4/h6H,2,5,7-19H2,1,3-4H3. The van der Waals surface area contributed by atoms with Gasteiger partial charge in [0.25, 0.3) is 0 Å². The first-order chi connectivity index (χ1) is 10.7. The number of hydrogen-bond acceptors (Lipinski definition) is 2. The zero-order valence-corrected chi connectivity index (χ0v) is 15.5. The fourth-order valence-corrected chi connectivity index (χ4v) is 2.70. The van der Waals surface area contributed by atoms with Crippen LogP contribution in [0, 0.1) is 0 Å². The maximum Gasteiger partial charge on any atom is 0.168 e. The van der Waals surface area contributed by atoms with Crippen molar-refractivity contribution < 1.29 is 9.47 Å². The number of allylic oxidation sites excluding steroid dienone is 1. The monoisotopic (exact) mass is 312 g/mol. The molecule has 0 spiro atoms. The third kappa shape index (κ3) is 11.3. The van der Waals surface area contributed by atoms with Gasteiger partial charge in [0.1, 0.15) is 0 Å². The summed E-state index contributed by atoms with van der Waals surface area (Å²) < 4.78 is 12.3. The van der Waals surface area contributed by atoms with Gasteiger partial charge in [-0.1, -0.05) is 65.4 Å². The van der Waals surface area contributed by atoms with Crippen LogP contribution in [0.2, 0.25) is 0 Å². The van der Waals surface area contributed by atoms with Gasteiger partial charge < -0.3 is 9.47 Å². The van der Waals surface area contributed by atoms with Crippen molar-refractivity contribution in [2.45, 2.75) is 104 Å². The quantitative estimate of drug-likeness (QED) is 0.170. The average Bonchev–Trinajstić information content (AvgIpc) is 2.55. The topological polar surface area (TPSA) is 18.5 Å². The van der Waals surface area contributed by atoms with Crippen molar-refractivity contribution in [3.63, 3.8) is 0 Å². The van der Waals surface area contributed by atoms with Gasteiger partial charge in [0.2, 0.25) is 0 Å². The van der Waals surface area contributed by atoms with Crippen molar-refractivity contribution in [3.8, 4) is 0 Å². The van der Waals surface area contributed by atoms with Crippen molar-refractivity contribution in [3.05, 3.63) is 12.7 Å². The van der Waals surface area contributed by atoms with Crippen molar-refractivity contribution >= 4 is 0 Å². The minimum atomic E-state index is -0.371. The predicted octanol–water partition coefficient (Wildman–Crippen LogP) is 6.64. The van der Waals surface area contributed by atoms with Crippen LogP contribution in [-0.4, -0.2) is 19.0 Å². The molecule has 0 amide bonds. The Morgan fingerprint density at radius 3 is 1.77 bits per heavy atom. The molecule has 0 aromatic carbocycles. The molecule has 2 heteroatoms. The van der Waals surface area contributed by atoms with Gasteiger partial charge in [-0.05, 0) is 25.7 Å². The van der Waals surface area contributed by atoms with Crippen LogP contribution in [0.1, 0.15) is 97.8 Å². The first kappa shape index (κ1) is 21.7. The second-order valence-electron chi connectivity index (χ2n) is 6.31. The van der Waals surface area contributed by atoms with E-state index < -0.39 is 0 Å². The van der Waals surface area contributed by atoms with E-state index in [0.717, 1.165) is 45.3 Å². The van der Waals surface area contributed by atoms with E-state index in [4.69, 9.17) is 9.47 Å². The van der Waals surface area contributed by atoms with Crippen molar-refractivity contribution in [2.75, 3.05) is 13.2 Å². The molecular formula is C20H40O2. The molecule has 0 radical (unpaired) electrons. The van der Waals surface area contributed by atoms with Crippen LogP contribution >= 0.6 is 0 Å². The molecular weight excluding hydrogens is 272 g/mol. The second-order valence-corrected chi connectivity index (χ2v) is 6.31. The smallest absolute Gasteiger partial charge is 0.168 e. The highest BCUT2D eigenvalue weighted by atomic mass is 16.7. The van der Waals surface area contributed by atoms with Gasteiger partial charge in [-0.15, -0.1) is 6.58 Å². The van der Waals surface area contributed by atoms with Gasteiger partial charge in [-0.3, -0.25) is 0 Å². The Morgan fingerprint density at radius 2 is 1.27 bits per heavy atom. The molecule has 0 aromatic heterocycles. The highest BCUT2D eigenvalue weighted by molar-refractivity contribution is 4.77. The summed E-state index contributed by atoms with van der Waals surface area (Å²) in [5, 5.41) is 0. The van der Waals surface area contributed by atoms with Crippen LogP contribution in [0.5, 0.6) is 0 Å². The molecule has 0 aliphatic rings. The Bertz CT molecular complexity index is 230. The molecule has 0 N–H and O–H groups in total. The molecule has 132 valence electrons. The van der Waals surface area contributed by atoms with Gasteiger partial charge in [0.05, 0.1) is 0 Å². The number of unbranched alkanes of at least 4 members (excludes halogenated alkanes) is 6. The van der Waals surface area contributed by atoms with E-state index in [0.29, 0.717) is 0 Å². The normalized spacial score (nSPS) is 11.8. The Labute approximate surface area is 139 Å². The highest BCUT2D eigenvalue weighted by Gasteiger charge is 2.30. The predicted molar refractivity (Wildman–Crippen MR) is 97.3 cm³/mol. The summed E-state index contributed by atoms with van der Waals surface area (Å²) in [5.41, 5.74) is 0. The molecule has 0 bridgehead atoms. The van der Waals surface area contributed by atoms with Gasteiger partial charge >= 0.3 is 0 Å². The van der Waals surface area contributed by atoms with Crippen LogP contribution in [0.15, 0.2) is 12.7 Å². The molecule has 0 aliphatic heterocycles. The Kier molecular flexibility index (Phi) is 15.3. The zero-order valence-electron chi connectivity index (χ0n) is 15.5. The van der Waals surface area contributed by atoms with Crippen molar-refractivity contribution in [1.82, 2.24) is 0 Å². The molecule has 0 rings (SSSR count). The molecule has 0 saturated heterocycles. The minimum Gasteiger partial charge on any atom is -0.350 e. The largest absolute Gasteiger partial charge is 0.350 e. The van der Waals surface area contributed by atoms with E-state index in [1.54, 1.807) is 0 Å². The summed E-state index contributed by atoms with van der Waals surface area (Å²) in [5.74, 6) is -0.371. The van der Waals surface area contributed by atoms with E-state index >= 15 is 0 Å². The Morgan fingerprint density at radius 1 is 0.727 bits per heavy atom. The molecule has 0 unspecified atom stereocenters. The van der Waals surface area contributed by atoms with Gasteiger partial charge in [0.15, 0.2) is 5.79 Å². The third-order valence-electron chi connectivity index (χ3n) is 4.03. The first-order valence-electron chi connectivity index (χ1n) is 9.63. The lowest BCUT2D eigenvalue weighted by Gasteiger charge is -2.34. The SMILES string of the molecule is C=CCCC(CCCCCCCCC)(OCCC)OCCC. The molecule has 0 fully saturated rings. The molecule has 0 aromatic rings. The van der Waals surface area contributed by atoms with E-state index in [1.165, 1.54) is 44.9 Å². The van der Waals surface area contributed by atoms with E-state index in [-0.39, 0.29) is 5.79 Å². The van der Waals surface area contributed by atoms with Crippen LogP contribution in [0.25, 0.3) is 0 Å². The maximum atomic E-state index is 6.16. The molecule has 0 heterocycles. The lowest BCUT2D eigenvalue weighted by atomic mass is 10.0. The number of ether oxygens (including phenoxy) is 2. The van der Waals surface area contributed by atoms with E-state index in [1.807, 2.05) is 6.08 Å². The summed E-state index contributed by atoms with van der Waals surface area (Å²) in [7, 11) is 0. The lowest BCUT2D eigenvalue weighted by molar-refractivity contribution is -0.245. The fourth-order valence-electron chi connectivity index (χ4n) is 2.70.